The van der Waals surface area contributed by atoms with Crippen LogP contribution in [-0.4, -0.2) is 32.7 Å². The van der Waals surface area contributed by atoms with Crippen LogP contribution in [0.2, 0.25) is 0 Å². The Bertz CT molecular complexity index is 1120. The maximum absolute atomic E-state index is 12.5. The Morgan fingerprint density at radius 2 is 2.10 bits per heavy atom. The van der Waals surface area contributed by atoms with Gasteiger partial charge in [-0.05, 0) is 31.0 Å². The zero-order valence-corrected chi connectivity index (χ0v) is 15.8. The van der Waals surface area contributed by atoms with E-state index in [2.05, 4.69) is 20.6 Å². The molecule has 1 saturated carbocycles. The fraction of sp³-hybridized carbons (Fsp3) is 0.167. The average molecular weight is 412 g/mol. The number of primary amides is 1. The summed E-state index contributed by atoms with van der Waals surface area (Å²) < 4.78 is 0. The Balaban J connectivity index is 1.50. The van der Waals surface area contributed by atoms with Gasteiger partial charge in [-0.1, -0.05) is 0 Å². The summed E-state index contributed by atoms with van der Waals surface area (Å²) in [6, 6.07) is 6.15. The van der Waals surface area contributed by atoms with Gasteiger partial charge in [0, 0.05) is 34.8 Å². The fourth-order valence-electron chi connectivity index (χ4n) is 2.71. The summed E-state index contributed by atoms with van der Waals surface area (Å²) in [6.45, 7) is 0. The highest BCUT2D eigenvalue weighted by molar-refractivity contribution is 7.14. The van der Waals surface area contributed by atoms with Crippen molar-refractivity contribution in [1.29, 1.82) is 0 Å². The number of anilines is 2. The summed E-state index contributed by atoms with van der Waals surface area (Å²) in [7, 11) is 0. The molecule has 2 heterocycles. The molecular formula is C18H16N6O4S. The molecule has 148 valence electrons. The number of hydrogen-bond acceptors (Lipinski definition) is 7. The van der Waals surface area contributed by atoms with Crippen LogP contribution in [0.1, 0.15) is 33.7 Å². The van der Waals surface area contributed by atoms with Crippen LogP contribution in [0.3, 0.4) is 0 Å². The van der Waals surface area contributed by atoms with Crippen molar-refractivity contribution in [2.75, 3.05) is 10.6 Å². The van der Waals surface area contributed by atoms with E-state index in [0.29, 0.717) is 22.1 Å². The van der Waals surface area contributed by atoms with E-state index in [1.54, 1.807) is 23.7 Å². The molecule has 0 atom stereocenters. The molecule has 1 fully saturated rings. The first-order chi connectivity index (χ1) is 13.9. The minimum atomic E-state index is -0.582. The van der Waals surface area contributed by atoms with Crippen molar-refractivity contribution in [3.8, 4) is 11.3 Å². The first-order valence-corrected chi connectivity index (χ1v) is 9.59. The molecule has 2 amide bonds. The molecule has 11 heteroatoms. The number of H-pyrrole nitrogens is 1. The van der Waals surface area contributed by atoms with E-state index in [-0.39, 0.29) is 23.0 Å². The highest BCUT2D eigenvalue weighted by atomic mass is 32.1. The second-order valence-electron chi connectivity index (χ2n) is 6.57. The van der Waals surface area contributed by atoms with Crippen LogP contribution >= 0.6 is 11.3 Å². The monoisotopic (exact) mass is 412 g/mol. The Morgan fingerprint density at radius 3 is 2.76 bits per heavy atom. The maximum Gasteiger partial charge on any atom is 0.293 e. The molecule has 0 unspecified atom stereocenters. The number of carbonyl (C=O) groups excluding carboxylic acids is 2. The van der Waals surface area contributed by atoms with Crippen molar-refractivity contribution in [3.63, 3.8) is 0 Å². The number of nitrogens with one attached hydrogen (secondary N) is 3. The Hall–Kier alpha value is -3.73. The molecule has 5 N–H and O–H groups in total. The standard InChI is InChI=1S/C18H16N6O4S/c19-16(25)13-5-10(7-20-13)14-8-29-18(22-14)23-17(26)9-1-4-12(21-11-2-3-11)15(6-9)24(27)28/h1,4-8,11,20-21H,2-3H2,(H2,19,25)(H,22,23,26). The van der Waals surface area contributed by atoms with Crippen molar-refractivity contribution < 1.29 is 14.5 Å². The second kappa shape index (κ2) is 7.36. The number of nitrogens with zero attached hydrogens (tertiary/aromatic N) is 2. The Labute approximate surface area is 168 Å². The minimum Gasteiger partial charge on any atom is -0.377 e. The van der Waals surface area contributed by atoms with Crippen LogP contribution in [0.5, 0.6) is 0 Å². The summed E-state index contributed by atoms with van der Waals surface area (Å²) in [5, 5.41) is 19.1. The van der Waals surface area contributed by atoms with Crippen molar-refractivity contribution in [2.45, 2.75) is 18.9 Å². The fourth-order valence-corrected chi connectivity index (χ4v) is 3.43. The van der Waals surface area contributed by atoms with Gasteiger partial charge in [0.2, 0.25) is 0 Å². The topological polar surface area (TPSA) is 156 Å². The van der Waals surface area contributed by atoms with Gasteiger partial charge >= 0.3 is 0 Å². The third-order valence-corrected chi connectivity index (χ3v) is 5.12. The first kappa shape index (κ1) is 18.6. The second-order valence-corrected chi connectivity index (χ2v) is 7.42. The van der Waals surface area contributed by atoms with Crippen LogP contribution in [-0.2, 0) is 0 Å². The van der Waals surface area contributed by atoms with Gasteiger partial charge in [0.05, 0.1) is 10.6 Å². The Morgan fingerprint density at radius 1 is 1.31 bits per heavy atom. The smallest absolute Gasteiger partial charge is 0.293 e. The predicted octanol–water partition coefficient (Wildman–Crippen LogP) is 2.97. The molecule has 1 aliphatic rings. The average Bonchev–Trinajstić information content (AvgIpc) is 3.17. The third-order valence-electron chi connectivity index (χ3n) is 4.36. The summed E-state index contributed by atoms with van der Waals surface area (Å²) >= 11 is 1.20. The molecule has 0 saturated heterocycles. The number of hydrogen-bond donors (Lipinski definition) is 4. The van der Waals surface area contributed by atoms with Crippen LogP contribution in [0, 0.1) is 10.1 Å². The van der Waals surface area contributed by atoms with E-state index in [9.17, 15) is 19.7 Å². The van der Waals surface area contributed by atoms with E-state index >= 15 is 0 Å². The van der Waals surface area contributed by atoms with Crippen LogP contribution < -0.4 is 16.4 Å². The molecule has 0 aliphatic heterocycles. The van der Waals surface area contributed by atoms with Gasteiger partial charge < -0.3 is 16.0 Å². The molecule has 10 nitrogen and oxygen atoms in total. The van der Waals surface area contributed by atoms with E-state index in [1.165, 1.54) is 23.5 Å². The summed E-state index contributed by atoms with van der Waals surface area (Å²) in [5.41, 5.74) is 7.11. The molecule has 4 rings (SSSR count). The molecule has 0 radical (unpaired) electrons. The first-order valence-electron chi connectivity index (χ1n) is 8.71. The number of amides is 2. The molecule has 1 aliphatic carbocycles. The lowest BCUT2D eigenvalue weighted by atomic mass is 10.1. The SMILES string of the molecule is NC(=O)c1cc(-c2csc(NC(=O)c3ccc(NC4CC4)c([N+](=O)[O-])c3)n2)c[nH]1. The van der Waals surface area contributed by atoms with E-state index < -0.39 is 16.7 Å². The number of aromatic nitrogens is 2. The number of nitro groups is 1. The summed E-state index contributed by atoms with van der Waals surface area (Å²) in [4.78, 5) is 41.6. The molecule has 2 aromatic heterocycles. The molecule has 0 spiro atoms. The molecule has 0 bridgehead atoms. The number of benzene rings is 1. The van der Waals surface area contributed by atoms with Crippen molar-refractivity contribution >= 4 is 39.7 Å². The Kier molecular flexibility index (Phi) is 4.72. The number of nitro benzene ring substituents is 1. The number of nitrogens with two attached hydrogens (primary N) is 1. The van der Waals surface area contributed by atoms with Crippen LogP contribution in [0.25, 0.3) is 11.3 Å². The van der Waals surface area contributed by atoms with Crippen molar-refractivity contribution in [2.24, 2.45) is 5.73 Å². The lowest BCUT2D eigenvalue weighted by Crippen LogP contribution is -2.13. The zero-order chi connectivity index (χ0) is 20.5. The van der Waals surface area contributed by atoms with Crippen LogP contribution in [0.4, 0.5) is 16.5 Å². The number of carbonyl (C=O) groups is 2. The van der Waals surface area contributed by atoms with Gasteiger partial charge in [0.15, 0.2) is 5.13 Å². The quantitative estimate of drug-likeness (QED) is 0.345. The molecule has 29 heavy (non-hydrogen) atoms. The van der Waals surface area contributed by atoms with Gasteiger partial charge in [-0.3, -0.25) is 25.0 Å². The lowest BCUT2D eigenvalue weighted by molar-refractivity contribution is -0.384. The van der Waals surface area contributed by atoms with Gasteiger partial charge in [-0.2, -0.15) is 0 Å². The third kappa shape index (κ3) is 4.09. The van der Waals surface area contributed by atoms with E-state index in [0.717, 1.165) is 12.8 Å². The summed E-state index contributed by atoms with van der Waals surface area (Å²) in [6.07, 6.45) is 3.55. The lowest BCUT2D eigenvalue weighted by Gasteiger charge is -2.07. The van der Waals surface area contributed by atoms with Crippen LogP contribution in [0.15, 0.2) is 35.8 Å². The number of aromatic amines is 1. The van der Waals surface area contributed by atoms with Crippen molar-refractivity contribution in [3.05, 3.63) is 57.2 Å². The highest BCUT2D eigenvalue weighted by Gasteiger charge is 2.25. The predicted molar refractivity (Wildman–Crippen MR) is 108 cm³/mol. The zero-order valence-electron chi connectivity index (χ0n) is 15.0. The normalized spacial score (nSPS) is 13.1. The largest absolute Gasteiger partial charge is 0.377 e. The van der Waals surface area contributed by atoms with Gasteiger partial charge in [-0.15, -0.1) is 11.3 Å². The number of rotatable bonds is 7. The van der Waals surface area contributed by atoms with E-state index in [1.807, 2.05) is 0 Å². The highest BCUT2D eigenvalue weighted by Crippen LogP contribution is 2.32. The maximum atomic E-state index is 12.5. The minimum absolute atomic E-state index is 0.143. The van der Waals surface area contributed by atoms with Gasteiger partial charge in [-0.25, -0.2) is 4.98 Å². The molecule has 1 aromatic carbocycles. The van der Waals surface area contributed by atoms with Crippen molar-refractivity contribution in [1.82, 2.24) is 9.97 Å². The van der Waals surface area contributed by atoms with E-state index in [4.69, 9.17) is 5.73 Å². The number of thiazole rings is 1. The summed E-state index contributed by atoms with van der Waals surface area (Å²) in [5.74, 6) is -1.08. The molecule has 3 aromatic rings. The molecular weight excluding hydrogens is 396 g/mol. The van der Waals surface area contributed by atoms with Gasteiger partial charge in [0.25, 0.3) is 17.5 Å². The van der Waals surface area contributed by atoms with Gasteiger partial charge in [0.1, 0.15) is 11.4 Å².